The molecule has 0 heterocycles. The first kappa shape index (κ1) is 15.8. The predicted molar refractivity (Wildman–Crippen MR) is 84.5 cm³/mol. The highest BCUT2D eigenvalue weighted by Gasteiger charge is 2.27. The van der Waals surface area contributed by atoms with Crippen molar-refractivity contribution >= 4 is 11.9 Å². The van der Waals surface area contributed by atoms with Crippen LogP contribution in [0.25, 0.3) is 0 Å². The molecule has 0 aliphatic heterocycles. The molecule has 0 aliphatic rings. The number of hydrogen-bond donors (Lipinski definition) is 0. The summed E-state index contributed by atoms with van der Waals surface area (Å²) in [4.78, 5) is 26.1. The maximum absolute atomic E-state index is 12.4. The van der Waals surface area contributed by atoms with Crippen LogP contribution in [0.2, 0.25) is 0 Å². The first-order chi connectivity index (χ1) is 10.5. The molecule has 22 heavy (non-hydrogen) atoms. The second-order valence-electron chi connectivity index (χ2n) is 5.24. The lowest BCUT2D eigenvalue weighted by atomic mass is 10.1. The monoisotopic (exact) mass is 297 g/mol. The lowest BCUT2D eigenvalue weighted by Gasteiger charge is -2.21. The molecule has 2 aromatic carbocycles. The topological polar surface area (TPSA) is 46.6 Å². The molecule has 4 nitrogen and oxygen atoms in total. The fourth-order valence-electron chi connectivity index (χ4n) is 2.10. The van der Waals surface area contributed by atoms with Crippen LogP contribution in [0.3, 0.4) is 0 Å². The Morgan fingerprint density at radius 3 is 2.14 bits per heavy atom. The minimum Gasteiger partial charge on any atom is -0.444 e. The van der Waals surface area contributed by atoms with Crippen LogP contribution >= 0.6 is 0 Å². The van der Waals surface area contributed by atoms with Gasteiger partial charge in [-0.15, -0.1) is 0 Å². The predicted octanol–water partition coefficient (Wildman–Crippen LogP) is 2.98. The van der Waals surface area contributed by atoms with Crippen molar-refractivity contribution in [3.8, 4) is 0 Å². The third-order valence-corrected chi connectivity index (χ3v) is 3.36. The van der Waals surface area contributed by atoms with Gasteiger partial charge in [0.2, 0.25) is 6.10 Å². The van der Waals surface area contributed by atoms with Crippen LogP contribution in [0.15, 0.2) is 54.6 Å². The molecule has 0 saturated carbocycles. The Morgan fingerprint density at radius 1 is 0.955 bits per heavy atom. The molecule has 0 spiro atoms. The summed E-state index contributed by atoms with van der Waals surface area (Å²) in [5.41, 5.74) is 1.94. The zero-order valence-electron chi connectivity index (χ0n) is 12.9. The van der Waals surface area contributed by atoms with E-state index < -0.39 is 12.1 Å². The van der Waals surface area contributed by atoms with Gasteiger partial charge in [-0.2, -0.15) is 0 Å². The van der Waals surface area contributed by atoms with Gasteiger partial charge >= 0.3 is 5.97 Å². The van der Waals surface area contributed by atoms with Crippen LogP contribution in [0.1, 0.15) is 27.6 Å². The summed E-state index contributed by atoms with van der Waals surface area (Å²) in [5, 5.41) is 0. The fraction of sp³-hybridized carbons (Fsp3) is 0.222. The second kappa shape index (κ2) is 6.89. The number of esters is 1. The van der Waals surface area contributed by atoms with Crippen molar-refractivity contribution in [2.24, 2.45) is 0 Å². The Kier molecular flexibility index (Phi) is 4.94. The normalized spacial score (nSPS) is 11.6. The number of rotatable bonds is 4. The number of hydrogen-bond acceptors (Lipinski definition) is 3. The number of likely N-dealkylation sites (N-methyl/N-ethyl adjacent to an activating group) is 1. The largest absolute Gasteiger partial charge is 0.444 e. The van der Waals surface area contributed by atoms with E-state index in [0.717, 1.165) is 5.56 Å². The van der Waals surface area contributed by atoms with E-state index in [1.807, 2.05) is 37.3 Å². The van der Waals surface area contributed by atoms with Crippen molar-refractivity contribution in [1.29, 1.82) is 0 Å². The number of amides is 1. The number of ether oxygens (including phenoxy) is 1. The first-order valence-electron chi connectivity index (χ1n) is 7.03. The number of carbonyl (C=O) groups is 2. The number of benzene rings is 2. The summed E-state index contributed by atoms with van der Waals surface area (Å²) >= 11 is 0. The minimum absolute atomic E-state index is 0.270. The first-order valence-corrected chi connectivity index (χ1v) is 7.03. The van der Waals surface area contributed by atoms with Gasteiger partial charge in [-0.25, -0.2) is 4.79 Å². The highest BCUT2D eigenvalue weighted by Crippen LogP contribution is 2.22. The van der Waals surface area contributed by atoms with E-state index in [9.17, 15) is 9.59 Å². The van der Waals surface area contributed by atoms with Crippen LogP contribution in [-0.4, -0.2) is 30.9 Å². The second-order valence-corrected chi connectivity index (χ2v) is 5.24. The maximum Gasteiger partial charge on any atom is 0.339 e. The standard InChI is InChI=1S/C18H19NO3/c1-13-9-7-8-12-15(13)18(21)22-16(17(20)19(2)3)14-10-5-4-6-11-14/h4-12,16H,1-3H3/t16-/m0/s1. The number of nitrogens with zero attached hydrogens (tertiary/aromatic N) is 1. The minimum atomic E-state index is -0.941. The summed E-state index contributed by atoms with van der Waals surface area (Å²) in [7, 11) is 3.28. The summed E-state index contributed by atoms with van der Waals surface area (Å²) < 4.78 is 5.50. The van der Waals surface area contributed by atoms with Crippen molar-refractivity contribution < 1.29 is 14.3 Å². The summed E-state index contributed by atoms with van der Waals surface area (Å²) in [5.74, 6) is -0.768. The lowest BCUT2D eigenvalue weighted by Crippen LogP contribution is -2.31. The van der Waals surface area contributed by atoms with Gasteiger partial charge in [-0.3, -0.25) is 4.79 Å². The third-order valence-electron chi connectivity index (χ3n) is 3.36. The third kappa shape index (κ3) is 3.52. The quantitative estimate of drug-likeness (QED) is 0.815. The Balaban J connectivity index is 2.29. The van der Waals surface area contributed by atoms with Crippen LogP contribution in [-0.2, 0) is 9.53 Å². The van der Waals surface area contributed by atoms with Crippen molar-refractivity contribution in [2.45, 2.75) is 13.0 Å². The van der Waals surface area contributed by atoms with Crippen LogP contribution in [0, 0.1) is 6.92 Å². The molecule has 0 saturated heterocycles. The summed E-state index contributed by atoms with van der Waals surface area (Å²) in [6.45, 7) is 1.84. The van der Waals surface area contributed by atoms with E-state index >= 15 is 0 Å². The van der Waals surface area contributed by atoms with Gasteiger partial charge in [0.15, 0.2) is 0 Å². The average Bonchev–Trinajstić information content (AvgIpc) is 2.53. The molecule has 0 aromatic heterocycles. The molecule has 1 amide bonds. The van der Waals surface area contributed by atoms with Crippen molar-refractivity contribution in [2.75, 3.05) is 14.1 Å². The van der Waals surface area contributed by atoms with Crippen molar-refractivity contribution in [3.63, 3.8) is 0 Å². The SMILES string of the molecule is Cc1ccccc1C(=O)O[C@H](C(=O)N(C)C)c1ccccc1. The Hall–Kier alpha value is -2.62. The summed E-state index contributed by atoms with van der Waals surface area (Å²) in [6.07, 6.45) is -0.941. The van der Waals surface area contributed by atoms with Gasteiger partial charge < -0.3 is 9.64 Å². The van der Waals surface area contributed by atoms with Gasteiger partial charge in [-0.05, 0) is 18.6 Å². The van der Waals surface area contributed by atoms with Crippen LogP contribution < -0.4 is 0 Å². The molecule has 0 fully saturated rings. The molecule has 0 aliphatic carbocycles. The Morgan fingerprint density at radius 2 is 1.55 bits per heavy atom. The fourth-order valence-corrected chi connectivity index (χ4v) is 2.10. The molecule has 1 atom stereocenters. The molecular formula is C18H19NO3. The maximum atomic E-state index is 12.4. The van der Waals surface area contributed by atoms with E-state index in [4.69, 9.17) is 4.74 Å². The van der Waals surface area contributed by atoms with Crippen molar-refractivity contribution in [1.82, 2.24) is 4.90 Å². The van der Waals surface area contributed by atoms with Gasteiger partial charge in [0, 0.05) is 19.7 Å². The summed E-state index contributed by atoms with van der Waals surface area (Å²) in [6, 6.07) is 16.2. The van der Waals surface area contributed by atoms with Crippen molar-refractivity contribution in [3.05, 3.63) is 71.3 Å². The van der Waals surface area contributed by atoms with E-state index in [0.29, 0.717) is 11.1 Å². The molecule has 114 valence electrons. The average molecular weight is 297 g/mol. The van der Waals surface area contributed by atoms with E-state index in [-0.39, 0.29) is 5.91 Å². The van der Waals surface area contributed by atoms with E-state index in [2.05, 4.69) is 0 Å². The van der Waals surface area contributed by atoms with Crippen LogP contribution in [0.5, 0.6) is 0 Å². The molecular weight excluding hydrogens is 278 g/mol. The lowest BCUT2D eigenvalue weighted by molar-refractivity contribution is -0.138. The van der Waals surface area contributed by atoms with Crippen LogP contribution in [0.4, 0.5) is 0 Å². The Bertz CT molecular complexity index is 665. The molecule has 0 bridgehead atoms. The highest BCUT2D eigenvalue weighted by molar-refractivity contribution is 5.93. The molecule has 4 heteroatoms. The molecule has 0 unspecified atom stereocenters. The Labute approximate surface area is 130 Å². The van der Waals surface area contributed by atoms with Gasteiger partial charge in [0.25, 0.3) is 5.91 Å². The zero-order chi connectivity index (χ0) is 16.1. The van der Waals surface area contributed by atoms with Gasteiger partial charge in [-0.1, -0.05) is 48.5 Å². The highest BCUT2D eigenvalue weighted by atomic mass is 16.5. The molecule has 2 rings (SSSR count). The van der Waals surface area contributed by atoms with E-state index in [1.54, 1.807) is 38.4 Å². The molecule has 0 N–H and O–H groups in total. The smallest absolute Gasteiger partial charge is 0.339 e. The molecule has 2 aromatic rings. The van der Waals surface area contributed by atoms with E-state index in [1.165, 1.54) is 4.90 Å². The van der Waals surface area contributed by atoms with Gasteiger partial charge in [0.1, 0.15) is 0 Å². The zero-order valence-corrected chi connectivity index (χ0v) is 12.9. The number of aryl methyl sites for hydroxylation is 1. The molecule has 0 radical (unpaired) electrons. The van der Waals surface area contributed by atoms with Gasteiger partial charge in [0.05, 0.1) is 5.56 Å². The number of carbonyl (C=O) groups excluding carboxylic acids is 2.